The summed E-state index contributed by atoms with van der Waals surface area (Å²) in [6.07, 6.45) is -11.0. The van der Waals surface area contributed by atoms with Gasteiger partial charge in [0.05, 0.1) is 19.6 Å². The van der Waals surface area contributed by atoms with E-state index in [4.69, 9.17) is 5.11 Å². The lowest BCUT2D eigenvalue weighted by atomic mass is 10.1. The molecular formula is C7H8F6O3. The molecule has 1 N–H and O–H groups in total. The maximum Gasteiger partial charge on any atom is 0.404 e. The Balaban J connectivity index is 4.02. The Hall–Kier alpha value is -0.990. The van der Waals surface area contributed by atoms with E-state index in [0.717, 1.165) is 0 Å². The predicted molar refractivity (Wildman–Crippen MR) is 38.7 cm³/mol. The zero-order valence-corrected chi connectivity index (χ0v) is 7.73. The van der Waals surface area contributed by atoms with Crippen molar-refractivity contribution in [3.63, 3.8) is 0 Å². The number of carboxylic acids is 1. The third-order valence-electron chi connectivity index (χ3n) is 1.51. The number of carboxylic acid groups (broad SMARTS) is 1. The van der Waals surface area contributed by atoms with Crippen molar-refractivity contribution in [1.82, 2.24) is 0 Å². The lowest BCUT2D eigenvalue weighted by molar-refractivity contribution is -0.204. The second-order valence-electron chi connectivity index (χ2n) is 2.87. The van der Waals surface area contributed by atoms with Crippen molar-refractivity contribution < 1.29 is 41.0 Å². The number of aliphatic carboxylic acids is 1. The van der Waals surface area contributed by atoms with Gasteiger partial charge in [-0.25, -0.2) is 0 Å². The van der Waals surface area contributed by atoms with Crippen LogP contribution in [0, 0.1) is 5.92 Å². The Kier molecular flexibility index (Phi) is 5.04. The highest BCUT2D eigenvalue weighted by atomic mass is 19.4. The van der Waals surface area contributed by atoms with Crippen molar-refractivity contribution in [1.29, 1.82) is 0 Å². The molecular weight excluding hydrogens is 246 g/mol. The maximum atomic E-state index is 11.9. The van der Waals surface area contributed by atoms with Gasteiger partial charge >= 0.3 is 18.3 Å². The van der Waals surface area contributed by atoms with Gasteiger partial charge in [0.2, 0.25) is 0 Å². The Labute approximate surface area is 86.0 Å². The lowest BCUT2D eigenvalue weighted by Crippen LogP contribution is -2.34. The summed E-state index contributed by atoms with van der Waals surface area (Å²) in [5, 5.41) is 8.15. The van der Waals surface area contributed by atoms with Gasteiger partial charge in [-0.05, 0) is 0 Å². The van der Waals surface area contributed by atoms with Crippen LogP contribution in [0.5, 0.6) is 0 Å². The molecule has 0 bridgehead atoms. The van der Waals surface area contributed by atoms with Crippen molar-refractivity contribution >= 4 is 5.97 Å². The minimum Gasteiger partial charge on any atom is -0.481 e. The zero-order valence-electron chi connectivity index (χ0n) is 7.73. The smallest absolute Gasteiger partial charge is 0.404 e. The summed E-state index contributed by atoms with van der Waals surface area (Å²) in [7, 11) is 0. The van der Waals surface area contributed by atoms with Crippen LogP contribution in [-0.2, 0) is 9.53 Å². The molecule has 0 aromatic carbocycles. The van der Waals surface area contributed by atoms with Crippen LogP contribution in [0.25, 0.3) is 0 Å². The third kappa shape index (κ3) is 6.49. The van der Waals surface area contributed by atoms with Crippen LogP contribution in [-0.4, -0.2) is 36.6 Å². The SMILES string of the molecule is O=C(O)C(COCCC(F)(F)F)C(F)(F)F. The molecule has 0 spiro atoms. The number of alkyl halides is 6. The molecule has 0 aliphatic carbocycles. The van der Waals surface area contributed by atoms with E-state index in [0.29, 0.717) is 0 Å². The van der Waals surface area contributed by atoms with Crippen molar-refractivity contribution in [3.8, 4) is 0 Å². The van der Waals surface area contributed by atoms with Crippen molar-refractivity contribution in [3.05, 3.63) is 0 Å². The van der Waals surface area contributed by atoms with E-state index in [-0.39, 0.29) is 0 Å². The van der Waals surface area contributed by atoms with Crippen LogP contribution in [0.2, 0.25) is 0 Å². The molecule has 0 amide bonds. The molecule has 0 saturated carbocycles. The Morgan fingerprint density at radius 2 is 1.69 bits per heavy atom. The molecule has 0 radical (unpaired) electrons. The summed E-state index contributed by atoms with van der Waals surface area (Å²) in [6, 6.07) is 0. The number of carbonyl (C=O) groups is 1. The summed E-state index contributed by atoms with van der Waals surface area (Å²) in [5.41, 5.74) is 0. The molecule has 96 valence electrons. The first-order chi connectivity index (χ1) is 7.04. The quantitative estimate of drug-likeness (QED) is 0.604. The number of hydrogen-bond acceptors (Lipinski definition) is 2. The van der Waals surface area contributed by atoms with Gasteiger partial charge in [0, 0.05) is 0 Å². The molecule has 16 heavy (non-hydrogen) atoms. The third-order valence-corrected chi connectivity index (χ3v) is 1.51. The first kappa shape index (κ1) is 15.0. The minimum absolute atomic E-state index is 0.997. The van der Waals surface area contributed by atoms with E-state index in [1.54, 1.807) is 0 Å². The molecule has 0 aliphatic rings. The topological polar surface area (TPSA) is 46.5 Å². The van der Waals surface area contributed by atoms with E-state index in [9.17, 15) is 31.1 Å². The van der Waals surface area contributed by atoms with Gasteiger partial charge in [0.15, 0.2) is 5.92 Å². The standard InChI is InChI=1S/C7H8F6O3/c8-6(9,10)1-2-16-3-4(5(14)15)7(11,12)13/h4H,1-3H2,(H,14,15). The van der Waals surface area contributed by atoms with Crippen molar-refractivity contribution in [2.24, 2.45) is 5.92 Å². The molecule has 9 heteroatoms. The molecule has 0 aromatic heterocycles. The summed E-state index contributed by atoms with van der Waals surface area (Å²) < 4.78 is 74.5. The predicted octanol–water partition coefficient (Wildman–Crippen LogP) is 2.22. The van der Waals surface area contributed by atoms with E-state index in [1.807, 2.05) is 0 Å². The normalized spacial score (nSPS) is 14.9. The minimum atomic E-state index is -5.04. The summed E-state index contributed by atoms with van der Waals surface area (Å²) in [6.45, 7) is -2.32. The van der Waals surface area contributed by atoms with E-state index in [1.165, 1.54) is 0 Å². The second kappa shape index (κ2) is 5.37. The van der Waals surface area contributed by atoms with Gasteiger partial charge in [-0.1, -0.05) is 0 Å². The van der Waals surface area contributed by atoms with Gasteiger partial charge in [-0.15, -0.1) is 0 Å². The van der Waals surface area contributed by atoms with E-state index < -0.39 is 43.9 Å². The highest BCUT2D eigenvalue weighted by molar-refractivity contribution is 5.71. The van der Waals surface area contributed by atoms with Gasteiger partial charge in [0.1, 0.15) is 0 Å². The number of hydrogen-bond donors (Lipinski definition) is 1. The van der Waals surface area contributed by atoms with Crippen molar-refractivity contribution in [2.45, 2.75) is 18.8 Å². The summed E-state index contributed by atoms with van der Waals surface area (Å²) in [4.78, 5) is 10.1. The van der Waals surface area contributed by atoms with Crippen LogP contribution < -0.4 is 0 Å². The largest absolute Gasteiger partial charge is 0.481 e. The van der Waals surface area contributed by atoms with Gasteiger partial charge in [-0.2, -0.15) is 26.3 Å². The van der Waals surface area contributed by atoms with Crippen LogP contribution in [0.15, 0.2) is 0 Å². The fraction of sp³-hybridized carbons (Fsp3) is 0.857. The molecule has 0 rings (SSSR count). The summed E-state index contributed by atoms with van der Waals surface area (Å²) in [5.74, 6) is -4.99. The monoisotopic (exact) mass is 254 g/mol. The first-order valence-corrected chi connectivity index (χ1v) is 3.98. The number of halogens is 6. The Morgan fingerprint density at radius 1 is 1.19 bits per heavy atom. The maximum absolute atomic E-state index is 11.9. The van der Waals surface area contributed by atoms with E-state index in [2.05, 4.69) is 4.74 Å². The van der Waals surface area contributed by atoms with Gasteiger partial charge in [0.25, 0.3) is 0 Å². The Morgan fingerprint density at radius 3 is 2.00 bits per heavy atom. The molecule has 0 aromatic rings. The van der Waals surface area contributed by atoms with Crippen LogP contribution >= 0.6 is 0 Å². The number of rotatable bonds is 5. The van der Waals surface area contributed by atoms with Crippen LogP contribution in [0.1, 0.15) is 6.42 Å². The van der Waals surface area contributed by atoms with Crippen molar-refractivity contribution in [2.75, 3.05) is 13.2 Å². The molecule has 1 unspecified atom stereocenters. The second-order valence-corrected chi connectivity index (χ2v) is 2.87. The van der Waals surface area contributed by atoms with Gasteiger partial charge < -0.3 is 9.84 Å². The molecule has 0 aliphatic heterocycles. The number of ether oxygens (including phenoxy) is 1. The zero-order chi connectivity index (χ0) is 13.0. The van der Waals surface area contributed by atoms with Crippen LogP contribution in [0.4, 0.5) is 26.3 Å². The lowest BCUT2D eigenvalue weighted by Gasteiger charge is -2.16. The summed E-state index contributed by atoms with van der Waals surface area (Å²) >= 11 is 0. The van der Waals surface area contributed by atoms with Gasteiger partial charge in [-0.3, -0.25) is 4.79 Å². The molecule has 0 heterocycles. The fourth-order valence-corrected chi connectivity index (χ4v) is 0.695. The highest BCUT2D eigenvalue weighted by Crippen LogP contribution is 2.27. The molecule has 3 nitrogen and oxygen atoms in total. The van der Waals surface area contributed by atoms with E-state index >= 15 is 0 Å². The first-order valence-electron chi connectivity index (χ1n) is 3.98. The molecule has 1 atom stereocenters. The highest BCUT2D eigenvalue weighted by Gasteiger charge is 2.45. The average molecular weight is 254 g/mol. The molecule has 0 fully saturated rings. The molecule has 0 saturated heterocycles. The Bertz CT molecular complexity index is 233. The average Bonchev–Trinajstić information content (AvgIpc) is 1.97. The fourth-order valence-electron chi connectivity index (χ4n) is 0.695. The van der Waals surface area contributed by atoms with Crippen LogP contribution in [0.3, 0.4) is 0 Å².